The van der Waals surface area contributed by atoms with Gasteiger partial charge in [-0.25, -0.2) is 0 Å². The van der Waals surface area contributed by atoms with Crippen LogP contribution in [0.2, 0.25) is 0 Å². The van der Waals surface area contributed by atoms with Gasteiger partial charge in [-0.1, -0.05) is 18.2 Å². The van der Waals surface area contributed by atoms with Crippen LogP contribution in [-0.4, -0.2) is 25.5 Å². The van der Waals surface area contributed by atoms with Gasteiger partial charge in [-0.3, -0.25) is 4.79 Å². The molecule has 1 aromatic carbocycles. The van der Waals surface area contributed by atoms with Crippen molar-refractivity contribution in [1.82, 2.24) is 4.90 Å². The molecule has 0 saturated carbocycles. The normalized spacial score (nSPS) is 11.9. The summed E-state index contributed by atoms with van der Waals surface area (Å²) in [7, 11) is 3.50. The fourth-order valence-electron chi connectivity index (χ4n) is 2.30. The number of likely N-dealkylation sites (N-methyl/N-ethyl adjacent to an activating group) is 1. The maximum absolute atomic E-state index is 11.2. The molecule has 0 fully saturated rings. The van der Waals surface area contributed by atoms with E-state index < -0.39 is 0 Å². The highest BCUT2D eigenvalue weighted by molar-refractivity contribution is 7.10. The third-order valence-electron chi connectivity index (χ3n) is 3.47. The van der Waals surface area contributed by atoms with Crippen molar-refractivity contribution in [2.24, 2.45) is 0 Å². The summed E-state index contributed by atoms with van der Waals surface area (Å²) < 4.78 is 5.40. The number of methoxy groups -OCH3 is 1. The van der Waals surface area contributed by atoms with Crippen LogP contribution in [0.5, 0.6) is 5.75 Å². The molecular formula is C16H19NO2S. The third kappa shape index (κ3) is 3.02. The molecule has 1 heterocycles. The van der Waals surface area contributed by atoms with Crippen molar-refractivity contribution < 1.29 is 9.53 Å². The lowest BCUT2D eigenvalue weighted by molar-refractivity contribution is -0.118. The lowest BCUT2D eigenvalue weighted by Gasteiger charge is -2.25. The first-order valence-corrected chi connectivity index (χ1v) is 7.38. The molecule has 1 amide bonds. The maximum Gasteiger partial charge on any atom is 0.209 e. The van der Waals surface area contributed by atoms with Gasteiger partial charge in [0.1, 0.15) is 5.75 Å². The first-order chi connectivity index (χ1) is 9.67. The second-order valence-electron chi connectivity index (χ2n) is 4.77. The molecule has 0 N–H and O–H groups in total. The van der Waals surface area contributed by atoms with Gasteiger partial charge >= 0.3 is 0 Å². The van der Waals surface area contributed by atoms with Crippen molar-refractivity contribution in [2.45, 2.75) is 19.4 Å². The Balaban J connectivity index is 2.34. The Morgan fingerprint density at radius 2 is 2.10 bits per heavy atom. The van der Waals surface area contributed by atoms with Gasteiger partial charge < -0.3 is 9.64 Å². The highest BCUT2D eigenvalue weighted by Gasteiger charge is 2.21. The van der Waals surface area contributed by atoms with E-state index in [1.54, 1.807) is 23.3 Å². The number of hydrogen-bond donors (Lipinski definition) is 0. The summed E-state index contributed by atoms with van der Waals surface area (Å²) in [5, 5.41) is 2.07. The van der Waals surface area contributed by atoms with E-state index in [0.717, 1.165) is 24.1 Å². The number of nitrogens with zero attached hydrogens (tertiary/aromatic N) is 1. The minimum absolute atomic E-state index is 0.0452. The standard InChI is InChI=1S/C16H19NO2S/c1-12-8-9-20-16(12)14(17(2)11-18)10-13-6-4-5-7-15(13)19-3/h4-9,11,14H,10H2,1-3H3. The molecule has 1 atom stereocenters. The number of ether oxygens (including phenoxy) is 1. The average Bonchev–Trinajstić information content (AvgIpc) is 2.90. The number of para-hydroxylation sites is 1. The van der Waals surface area contributed by atoms with Crippen molar-refractivity contribution >= 4 is 17.7 Å². The van der Waals surface area contributed by atoms with Gasteiger partial charge in [-0.05, 0) is 35.6 Å². The van der Waals surface area contributed by atoms with Gasteiger partial charge in [-0.2, -0.15) is 0 Å². The summed E-state index contributed by atoms with van der Waals surface area (Å²) in [5.41, 5.74) is 2.34. The topological polar surface area (TPSA) is 29.5 Å². The smallest absolute Gasteiger partial charge is 0.209 e. The van der Waals surface area contributed by atoms with Gasteiger partial charge in [0.25, 0.3) is 0 Å². The molecular weight excluding hydrogens is 270 g/mol. The van der Waals surface area contributed by atoms with Crippen LogP contribution < -0.4 is 4.74 Å². The van der Waals surface area contributed by atoms with E-state index in [2.05, 4.69) is 18.4 Å². The SMILES string of the molecule is COc1ccccc1CC(c1sccc1C)N(C)C=O. The summed E-state index contributed by atoms with van der Waals surface area (Å²) in [6.45, 7) is 2.08. The molecule has 0 aliphatic heterocycles. The molecule has 0 bridgehead atoms. The van der Waals surface area contributed by atoms with Gasteiger partial charge in [0.2, 0.25) is 6.41 Å². The van der Waals surface area contributed by atoms with E-state index in [1.807, 2.05) is 31.3 Å². The monoisotopic (exact) mass is 289 g/mol. The molecule has 1 aromatic heterocycles. The highest BCUT2D eigenvalue weighted by atomic mass is 32.1. The number of thiophene rings is 1. The van der Waals surface area contributed by atoms with E-state index in [9.17, 15) is 4.79 Å². The molecule has 20 heavy (non-hydrogen) atoms. The second kappa shape index (κ2) is 6.57. The van der Waals surface area contributed by atoms with Crippen LogP contribution in [0.25, 0.3) is 0 Å². The zero-order valence-corrected chi connectivity index (χ0v) is 12.8. The molecule has 2 rings (SSSR count). The number of hydrogen-bond acceptors (Lipinski definition) is 3. The van der Waals surface area contributed by atoms with Gasteiger partial charge in [0, 0.05) is 18.3 Å². The molecule has 1 unspecified atom stereocenters. The Morgan fingerprint density at radius 3 is 2.70 bits per heavy atom. The van der Waals surface area contributed by atoms with Crippen molar-refractivity contribution in [3.63, 3.8) is 0 Å². The van der Waals surface area contributed by atoms with Crippen LogP contribution in [0, 0.1) is 6.92 Å². The second-order valence-corrected chi connectivity index (χ2v) is 5.72. The van der Waals surface area contributed by atoms with Crippen LogP contribution in [-0.2, 0) is 11.2 Å². The lowest BCUT2D eigenvalue weighted by atomic mass is 10.0. The third-order valence-corrected chi connectivity index (χ3v) is 4.59. The Kier molecular flexibility index (Phi) is 4.79. The van der Waals surface area contributed by atoms with Crippen LogP contribution in [0.4, 0.5) is 0 Å². The summed E-state index contributed by atoms with van der Waals surface area (Å²) in [4.78, 5) is 14.2. The number of carbonyl (C=O) groups excluding carboxylic acids is 1. The molecule has 0 aliphatic carbocycles. The van der Waals surface area contributed by atoms with Crippen molar-refractivity contribution in [3.8, 4) is 5.75 Å². The lowest BCUT2D eigenvalue weighted by Crippen LogP contribution is -2.24. The molecule has 0 saturated heterocycles. The summed E-state index contributed by atoms with van der Waals surface area (Å²) in [6, 6.07) is 10.1. The van der Waals surface area contributed by atoms with Crippen LogP contribution in [0.1, 0.15) is 22.0 Å². The van der Waals surface area contributed by atoms with Crippen LogP contribution in [0.15, 0.2) is 35.7 Å². The Labute approximate surface area is 123 Å². The van der Waals surface area contributed by atoms with Crippen LogP contribution in [0.3, 0.4) is 0 Å². The predicted molar refractivity (Wildman–Crippen MR) is 82.3 cm³/mol. The predicted octanol–water partition coefficient (Wildman–Crippen LogP) is 3.44. The van der Waals surface area contributed by atoms with E-state index in [4.69, 9.17) is 4.74 Å². The minimum atomic E-state index is 0.0452. The molecule has 0 spiro atoms. The highest BCUT2D eigenvalue weighted by Crippen LogP contribution is 2.32. The quantitative estimate of drug-likeness (QED) is 0.762. The number of rotatable bonds is 6. The van der Waals surface area contributed by atoms with Crippen molar-refractivity contribution in [1.29, 1.82) is 0 Å². The van der Waals surface area contributed by atoms with E-state index >= 15 is 0 Å². The van der Waals surface area contributed by atoms with Crippen molar-refractivity contribution in [3.05, 3.63) is 51.7 Å². The largest absolute Gasteiger partial charge is 0.496 e. The van der Waals surface area contributed by atoms with E-state index in [1.165, 1.54) is 10.4 Å². The zero-order valence-electron chi connectivity index (χ0n) is 12.0. The Morgan fingerprint density at radius 1 is 1.35 bits per heavy atom. The molecule has 106 valence electrons. The van der Waals surface area contributed by atoms with Gasteiger partial charge in [-0.15, -0.1) is 11.3 Å². The average molecular weight is 289 g/mol. The first kappa shape index (κ1) is 14.6. The number of amides is 1. The van der Waals surface area contributed by atoms with E-state index in [-0.39, 0.29) is 6.04 Å². The Hall–Kier alpha value is -1.81. The zero-order chi connectivity index (χ0) is 14.5. The minimum Gasteiger partial charge on any atom is -0.496 e. The fourth-order valence-corrected chi connectivity index (χ4v) is 3.38. The van der Waals surface area contributed by atoms with Gasteiger partial charge in [0.15, 0.2) is 0 Å². The summed E-state index contributed by atoms with van der Waals surface area (Å²) in [5.74, 6) is 0.867. The first-order valence-electron chi connectivity index (χ1n) is 6.50. The number of carbonyl (C=O) groups is 1. The maximum atomic E-state index is 11.2. The van der Waals surface area contributed by atoms with E-state index in [0.29, 0.717) is 0 Å². The number of benzene rings is 1. The fraction of sp³-hybridized carbons (Fsp3) is 0.312. The molecule has 2 aromatic rings. The molecule has 0 radical (unpaired) electrons. The van der Waals surface area contributed by atoms with Gasteiger partial charge in [0.05, 0.1) is 13.2 Å². The Bertz CT molecular complexity index is 579. The van der Waals surface area contributed by atoms with Crippen LogP contribution >= 0.6 is 11.3 Å². The summed E-state index contributed by atoms with van der Waals surface area (Å²) in [6.07, 6.45) is 1.64. The molecule has 0 aliphatic rings. The molecule has 4 heteroatoms. The number of aryl methyl sites for hydroxylation is 1. The molecule has 3 nitrogen and oxygen atoms in total. The van der Waals surface area contributed by atoms with Crippen molar-refractivity contribution in [2.75, 3.05) is 14.2 Å². The summed E-state index contributed by atoms with van der Waals surface area (Å²) >= 11 is 1.69.